The van der Waals surface area contributed by atoms with E-state index in [9.17, 15) is 0 Å². The molecule has 6 heteroatoms. The van der Waals surface area contributed by atoms with Crippen LogP contribution in [0.25, 0.3) is 12.2 Å². The van der Waals surface area contributed by atoms with E-state index in [1.54, 1.807) is 0 Å². The van der Waals surface area contributed by atoms with Gasteiger partial charge in [0.15, 0.2) is 0 Å². The fourth-order valence-electron chi connectivity index (χ4n) is 5.15. The molecular formula is C40H57N4S2+. The molecule has 0 N–H and O–H groups in total. The van der Waals surface area contributed by atoms with E-state index in [1.165, 1.54) is 65.4 Å². The predicted molar refractivity (Wildman–Crippen MR) is 212 cm³/mol. The average molecular weight is 658 g/mol. The quantitative estimate of drug-likeness (QED) is 0.0413. The zero-order chi connectivity index (χ0) is 32.7. The third-order valence-corrected chi connectivity index (χ3v) is 10.6. The van der Waals surface area contributed by atoms with Gasteiger partial charge >= 0.3 is 0 Å². The first-order valence-electron chi connectivity index (χ1n) is 17.3. The molecule has 4 nitrogen and oxygen atoms in total. The van der Waals surface area contributed by atoms with Gasteiger partial charge in [0.1, 0.15) is 12.8 Å². The van der Waals surface area contributed by atoms with Gasteiger partial charge in [-0.05, 0) is 113 Å². The van der Waals surface area contributed by atoms with Crippen LogP contribution in [0.1, 0.15) is 76.3 Å². The highest BCUT2D eigenvalue weighted by Crippen LogP contribution is 2.25. The number of rotatable bonds is 22. The summed E-state index contributed by atoms with van der Waals surface area (Å²) in [7, 11) is 8.50. The maximum absolute atomic E-state index is 4.24. The van der Waals surface area contributed by atoms with Crippen molar-refractivity contribution in [3.8, 4) is 0 Å². The summed E-state index contributed by atoms with van der Waals surface area (Å²) < 4.78 is 2.34. The zero-order valence-electron chi connectivity index (χ0n) is 28.8. The second kappa shape index (κ2) is 23.4. The van der Waals surface area contributed by atoms with E-state index < -0.39 is 0 Å². The van der Waals surface area contributed by atoms with E-state index in [0.717, 1.165) is 51.9 Å². The molecule has 0 radical (unpaired) electrons. The summed E-state index contributed by atoms with van der Waals surface area (Å²) in [6.07, 6.45) is 29.1. The summed E-state index contributed by atoms with van der Waals surface area (Å²) in [4.78, 5) is 9.00. The Hall–Kier alpha value is -2.96. The fourth-order valence-corrected chi connectivity index (χ4v) is 7.44. The molecule has 1 aliphatic rings. The summed E-state index contributed by atoms with van der Waals surface area (Å²) in [5.74, 6) is 2.46. The van der Waals surface area contributed by atoms with Crippen molar-refractivity contribution in [2.24, 2.45) is 4.99 Å². The lowest BCUT2D eigenvalue weighted by molar-refractivity contribution is -0.465. The molecule has 3 rings (SSSR count). The molecule has 0 fully saturated rings. The van der Waals surface area contributed by atoms with Crippen LogP contribution in [0, 0.1) is 0 Å². The summed E-state index contributed by atoms with van der Waals surface area (Å²) in [5.41, 5.74) is 6.39. The van der Waals surface area contributed by atoms with Crippen LogP contribution < -0.4 is 9.80 Å². The standard InChI is InChI=1S/C40H57N4S2/c1-5-41-30-12-9-7-8-10-18-36-20-25-38(26-21-36)42(3)31-14-16-34-45-46-35-17-15-32-43(4)39-27-22-37(23-28-39)24-29-40-19-11-13-33-44(40)6-2/h7-8,10,18-30,33H,5-6,9,11-17,31-32,34-35H2,1-4H3/q+1/b8-7+,18-10+,29-24+,41-30?. The van der Waals surface area contributed by atoms with Gasteiger partial charge in [0.05, 0.1) is 0 Å². The highest BCUT2D eigenvalue weighted by Gasteiger charge is 2.11. The van der Waals surface area contributed by atoms with E-state index >= 15 is 0 Å². The zero-order valence-corrected chi connectivity index (χ0v) is 30.5. The Balaban J connectivity index is 1.20. The lowest BCUT2D eigenvalue weighted by Crippen LogP contribution is -2.18. The Morgan fingerprint density at radius 1 is 0.717 bits per heavy atom. The Bertz CT molecular complexity index is 1290. The van der Waals surface area contributed by atoms with Gasteiger partial charge in [-0.1, -0.05) is 70.2 Å². The normalized spacial score (nSPS) is 13.7. The highest BCUT2D eigenvalue weighted by molar-refractivity contribution is 8.76. The fraction of sp³-hybridized carbons (Fsp3) is 0.450. The minimum Gasteiger partial charge on any atom is -0.375 e. The van der Waals surface area contributed by atoms with Crippen molar-refractivity contribution >= 4 is 57.5 Å². The molecule has 1 heterocycles. The van der Waals surface area contributed by atoms with E-state index in [0.29, 0.717) is 0 Å². The van der Waals surface area contributed by atoms with Crippen LogP contribution in [-0.4, -0.2) is 68.8 Å². The van der Waals surface area contributed by atoms with Crippen molar-refractivity contribution in [1.82, 2.24) is 0 Å². The van der Waals surface area contributed by atoms with Gasteiger partial charge in [0.2, 0.25) is 5.70 Å². The number of anilines is 2. The van der Waals surface area contributed by atoms with E-state index in [1.807, 2.05) is 27.8 Å². The number of hydrogen-bond acceptors (Lipinski definition) is 5. The Kier molecular flexibility index (Phi) is 19.1. The van der Waals surface area contributed by atoms with Crippen molar-refractivity contribution in [3.63, 3.8) is 0 Å². The number of unbranched alkanes of at least 4 members (excludes halogenated alkanes) is 3. The van der Waals surface area contributed by atoms with Gasteiger partial charge in [-0.3, -0.25) is 4.99 Å². The Morgan fingerprint density at radius 2 is 1.33 bits per heavy atom. The summed E-state index contributed by atoms with van der Waals surface area (Å²) in [6, 6.07) is 17.8. The van der Waals surface area contributed by atoms with E-state index in [-0.39, 0.29) is 0 Å². The minimum absolute atomic E-state index is 0.874. The van der Waals surface area contributed by atoms with Gasteiger partial charge in [-0.15, -0.1) is 0 Å². The number of likely N-dealkylation sites (N-methyl/N-ethyl adjacent to an activating group) is 1. The van der Waals surface area contributed by atoms with Crippen molar-refractivity contribution in [3.05, 3.63) is 95.7 Å². The molecule has 0 aromatic heterocycles. The van der Waals surface area contributed by atoms with Crippen molar-refractivity contribution in [1.29, 1.82) is 0 Å². The topological polar surface area (TPSA) is 21.9 Å². The van der Waals surface area contributed by atoms with E-state index in [4.69, 9.17) is 0 Å². The molecule has 0 saturated heterocycles. The first-order valence-corrected chi connectivity index (χ1v) is 19.8. The summed E-state index contributed by atoms with van der Waals surface area (Å²) in [5, 5.41) is 0. The minimum atomic E-state index is 0.874. The molecule has 2 aromatic rings. The second-order valence-electron chi connectivity index (χ2n) is 11.6. The number of aliphatic imine (C=N–C) groups is 1. The van der Waals surface area contributed by atoms with Crippen LogP contribution in [0.2, 0.25) is 0 Å². The molecule has 0 unspecified atom stereocenters. The second-order valence-corrected chi connectivity index (χ2v) is 14.3. The largest absolute Gasteiger partial charge is 0.375 e. The van der Waals surface area contributed by atoms with Gasteiger partial charge in [-0.25, -0.2) is 4.58 Å². The lowest BCUT2D eigenvalue weighted by Gasteiger charge is -2.19. The SMILES string of the molecule is CCN=CCC/C=C/C=C/c1ccc(N(C)CCCCSSCCCCN(C)c2ccc(/C=C/C3=CCCC=[N+]3CC)cc2)cc1. The molecule has 0 atom stereocenters. The number of nitrogens with zero attached hydrogens (tertiary/aromatic N) is 4. The van der Waals surface area contributed by atoms with Gasteiger partial charge < -0.3 is 9.80 Å². The van der Waals surface area contributed by atoms with Crippen LogP contribution >= 0.6 is 21.6 Å². The number of benzene rings is 2. The molecule has 1 aliphatic heterocycles. The van der Waals surface area contributed by atoms with Crippen LogP contribution in [0.3, 0.4) is 0 Å². The predicted octanol–water partition coefficient (Wildman–Crippen LogP) is 10.4. The number of allylic oxidation sites excluding steroid dienone is 5. The van der Waals surface area contributed by atoms with Crippen LogP contribution in [0.4, 0.5) is 11.4 Å². The first-order chi connectivity index (χ1) is 22.6. The Morgan fingerprint density at radius 3 is 1.91 bits per heavy atom. The van der Waals surface area contributed by atoms with Crippen LogP contribution in [0.5, 0.6) is 0 Å². The van der Waals surface area contributed by atoms with Crippen molar-refractivity contribution in [2.75, 3.05) is 61.6 Å². The average Bonchev–Trinajstić information content (AvgIpc) is 3.09. The highest BCUT2D eigenvalue weighted by atomic mass is 33.1. The monoisotopic (exact) mass is 657 g/mol. The summed E-state index contributed by atoms with van der Waals surface area (Å²) >= 11 is 0. The lowest BCUT2D eigenvalue weighted by atomic mass is 10.1. The third kappa shape index (κ3) is 15.1. The molecule has 0 bridgehead atoms. The molecule has 46 heavy (non-hydrogen) atoms. The van der Waals surface area contributed by atoms with Crippen LogP contribution in [0.15, 0.2) is 89.6 Å². The van der Waals surface area contributed by atoms with Gasteiger partial charge in [-0.2, -0.15) is 0 Å². The molecule has 0 amide bonds. The molecule has 2 aromatic carbocycles. The first kappa shape index (κ1) is 37.5. The Labute approximate surface area is 288 Å². The third-order valence-electron chi connectivity index (χ3n) is 7.99. The molecule has 0 spiro atoms. The molecular weight excluding hydrogens is 601 g/mol. The maximum Gasteiger partial charge on any atom is 0.200 e. The number of hydrogen-bond donors (Lipinski definition) is 0. The van der Waals surface area contributed by atoms with E-state index in [2.05, 4.69) is 145 Å². The molecule has 0 saturated carbocycles. The van der Waals surface area contributed by atoms with Crippen LogP contribution in [-0.2, 0) is 0 Å². The van der Waals surface area contributed by atoms with Gasteiger partial charge in [0.25, 0.3) is 0 Å². The van der Waals surface area contributed by atoms with Crippen molar-refractivity contribution in [2.45, 2.75) is 65.2 Å². The molecule has 0 aliphatic carbocycles. The van der Waals surface area contributed by atoms with Crippen molar-refractivity contribution < 1.29 is 4.58 Å². The molecule has 248 valence electrons. The maximum atomic E-state index is 4.24. The smallest absolute Gasteiger partial charge is 0.200 e. The summed E-state index contributed by atoms with van der Waals surface area (Å²) in [6.45, 7) is 8.38. The van der Waals surface area contributed by atoms with Gasteiger partial charge in [0, 0.05) is 69.1 Å².